The summed E-state index contributed by atoms with van der Waals surface area (Å²) in [5.74, 6) is -0.481. The lowest BCUT2D eigenvalue weighted by atomic mass is 10.0. The minimum atomic E-state index is -0.468. The Hall–Kier alpha value is -1.92. The number of rotatable bonds is 4. The lowest BCUT2D eigenvalue weighted by Gasteiger charge is -2.38. The molecule has 0 saturated carbocycles. The SMILES string of the molecule is O=C1C[C@@H](C(=O)N2CCC3(CC2)OCCO3)CN1CCc1ccccc1. The molecule has 0 aromatic heterocycles. The van der Waals surface area contributed by atoms with Gasteiger partial charge in [-0.1, -0.05) is 30.3 Å². The molecule has 0 aliphatic carbocycles. The van der Waals surface area contributed by atoms with Gasteiger partial charge in [0.2, 0.25) is 11.8 Å². The summed E-state index contributed by atoms with van der Waals surface area (Å²) in [6, 6.07) is 10.1. The summed E-state index contributed by atoms with van der Waals surface area (Å²) in [4.78, 5) is 28.9. The maximum atomic E-state index is 12.8. The number of nitrogens with zero attached hydrogens (tertiary/aromatic N) is 2. The number of benzene rings is 1. The Kier molecular flexibility index (Phi) is 4.96. The highest BCUT2D eigenvalue weighted by Crippen LogP contribution is 2.32. The third-order valence-electron chi connectivity index (χ3n) is 5.73. The van der Waals surface area contributed by atoms with E-state index in [1.807, 2.05) is 28.0 Å². The zero-order valence-electron chi connectivity index (χ0n) is 15.1. The van der Waals surface area contributed by atoms with Gasteiger partial charge in [-0.2, -0.15) is 0 Å². The molecule has 140 valence electrons. The number of amides is 2. The molecule has 3 fully saturated rings. The van der Waals surface area contributed by atoms with Crippen LogP contribution in [0.1, 0.15) is 24.8 Å². The molecule has 6 heteroatoms. The van der Waals surface area contributed by atoms with E-state index in [9.17, 15) is 9.59 Å². The quantitative estimate of drug-likeness (QED) is 0.817. The molecule has 1 atom stereocenters. The maximum absolute atomic E-state index is 12.8. The van der Waals surface area contributed by atoms with Crippen molar-refractivity contribution in [1.29, 1.82) is 0 Å². The van der Waals surface area contributed by atoms with Gasteiger partial charge in [0.1, 0.15) is 0 Å². The molecule has 1 aromatic carbocycles. The minimum Gasteiger partial charge on any atom is -0.347 e. The normalized spacial score (nSPS) is 25.2. The van der Waals surface area contributed by atoms with Crippen LogP contribution in [0.3, 0.4) is 0 Å². The zero-order valence-corrected chi connectivity index (χ0v) is 15.1. The number of ether oxygens (including phenoxy) is 2. The Labute approximate surface area is 154 Å². The van der Waals surface area contributed by atoms with E-state index in [1.54, 1.807) is 0 Å². The van der Waals surface area contributed by atoms with E-state index < -0.39 is 5.79 Å². The first-order chi connectivity index (χ1) is 12.7. The lowest BCUT2D eigenvalue weighted by Crippen LogP contribution is -2.49. The maximum Gasteiger partial charge on any atom is 0.228 e. The van der Waals surface area contributed by atoms with E-state index in [-0.39, 0.29) is 17.7 Å². The first-order valence-corrected chi connectivity index (χ1v) is 9.54. The summed E-state index contributed by atoms with van der Waals surface area (Å²) in [6.45, 7) is 3.79. The van der Waals surface area contributed by atoms with E-state index in [1.165, 1.54) is 5.56 Å². The second-order valence-electron chi connectivity index (χ2n) is 7.41. The number of hydrogen-bond acceptors (Lipinski definition) is 4. The summed E-state index contributed by atoms with van der Waals surface area (Å²) in [5.41, 5.74) is 1.22. The van der Waals surface area contributed by atoms with Gasteiger partial charge < -0.3 is 19.3 Å². The van der Waals surface area contributed by atoms with Crippen molar-refractivity contribution in [3.63, 3.8) is 0 Å². The van der Waals surface area contributed by atoms with Crippen LogP contribution in [0.5, 0.6) is 0 Å². The van der Waals surface area contributed by atoms with E-state index in [0.717, 1.165) is 19.3 Å². The van der Waals surface area contributed by atoms with E-state index >= 15 is 0 Å². The first kappa shape index (κ1) is 17.5. The van der Waals surface area contributed by atoms with Gasteiger partial charge in [-0.05, 0) is 12.0 Å². The molecule has 0 unspecified atom stereocenters. The molecule has 3 aliphatic heterocycles. The van der Waals surface area contributed by atoms with Crippen molar-refractivity contribution < 1.29 is 19.1 Å². The molecule has 3 saturated heterocycles. The predicted octanol–water partition coefficient (Wildman–Crippen LogP) is 1.44. The number of carbonyl (C=O) groups is 2. The molecule has 2 amide bonds. The van der Waals surface area contributed by atoms with Crippen molar-refractivity contribution in [2.75, 3.05) is 39.4 Å². The van der Waals surface area contributed by atoms with E-state index in [0.29, 0.717) is 45.8 Å². The summed E-state index contributed by atoms with van der Waals surface area (Å²) in [6.07, 6.45) is 2.60. The summed E-state index contributed by atoms with van der Waals surface area (Å²) >= 11 is 0. The molecule has 3 aliphatic rings. The van der Waals surface area contributed by atoms with Crippen LogP contribution in [-0.4, -0.2) is 66.8 Å². The minimum absolute atomic E-state index is 0.0928. The van der Waals surface area contributed by atoms with Crippen LogP contribution < -0.4 is 0 Å². The third kappa shape index (κ3) is 3.62. The molecule has 1 aromatic rings. The highest BCUT2D eigenvalue weighted by molar-refractivity contribution is 5.89. The number of piperidine rings is 1. The summed E-state index contributed by atoms with van der Waals surface area (Å²) in [7, 11) is 0. The van der Waals surface area contributed by atoms with Crippen molar-refractivity contribution in [2.45, 2.75) is 31.5 Å². The summed E-state index contributed by atoms with van der Waals surface area (Å²) in [5, 5.41) is 0. The van der Waals surface area contributed by atoms with Crippen molar-refractivity contribution in [1.82, 2.24) is 9.80 Å². The predicted molar refractivity (Wildman–Crippen MR) is 95.3 cm³/mol. The molecule has 6 nitrogen and oxygen atoms in total. The Morgan fingerprint density at radius 3 is 2.50 bits per heavy atom. The van der Waals surface area contributed by atoms with Crippen LogP contribution in [0.4, 0.5) is 0 Å². The van der Waals surface area contributed by atoms with Crippen LogP contribution in [0, 0.1) is 5.92 Å². The standard InChI is InChI=1S/C20H26N2O4/c23-18-14-17(15-22(18)9-6-16-4-2-1-3-5-16)19(24)21-10-7-20(8-11-21)25-12-13-26-20/h1-5,17H,6-15H2/t17-/m1/s1. The average molecular weight is 358 g/mol. The molecular weight excluding hydrogens is 332 g/mol. The highest BCUT2D eigenvalue weighted by Gasteiger charge is 2.43. The van der Waals surface area contributed by atoms with Crippen LogP contribution in [0.15, 0.2) is 30.3 Å². The van der Waals surface area contributed by atoms with Gasteiger partial charge >= 0.3 is 0 Å². The Morgan fingerprint density at radius 2 is 1.81 bits per heavy atom. The van der Waals surface area contributed by atoms with Crippen molar-refractivity contribution >= 4 is 11.8 Å². The largest absolute Gasteiger partial charge is 0.347 e. The second kappa shape index (κ2) is 7.37. The Bertz CT molecular complexity index is 647. The summed E-state index contributed by atoms with van der Waals surface area (Å²) < 4.78 is 11.4. The van der Waals surface area contributed by atoms with Crippen molar-refractivity contribution in [3.8, 4) is 0 Å². The van der Waals surface area contributed by atoms with Gasteiger partial charge in [0.25, 0.3) is 0 Å². The van der Waals surface area contributed by atoms with Crippen LogP contribution >= 0.6 is 0 Å². The second-order valence-corrected chi connectivity index (χ2v) is 7.41. The lowest BCUT2D eigenvalue weighted by molar-refractivity contribution is -0.188. The molecule has 3 heterocycles. The average Bonchev–Trinajstić information content (AvgIpc) is 3.28. The van der Waals surface area contributed by atoms with Gasteiger partial charge in [0.15, 0.2) is 5.79 Å². The first-order valence-electron chi connectivity index (χ1n) is 9.54. The number of carbonyl (C=O) groups excluding carboxylic acids is 2. The molecule has 26 heavy (non-hydrogen) atoms. The Morgan fingerprint density at radius 1 is 1.12 bits per heavy atom. The Balaban J connectivity index is 1.28. The van der Waals surface area contributed by atoms with E-state index in [4.69, 9.17) is 9.47 Å². The van der Waals surface area contributed by atoms with Gasteiger partial charge in [0, 0.05) is 45.4 Å². The van der Waals surface area contributed by atoms with Gasteiger partial charge in [-0.3, -0.25) is 9.59 Å². The van der Waals surface area contributed by atoms with Gasteiger partial charge in [-0.25, -0.2) is 0 Å². The molecule has 0 bridgehead atoms. The topological polar surface area (TPSA) is 59.1 Å². The smallest absolute Gasteiger partial charge is 0.228 e. The molecular formula is C20H26N2O4. The third-order valence-corrected chi connectivity index (χ3v) is 5.73. The van der Waals surface area contributed by atoms with Crippen LogP contribution in [0.2, 0.25) is 0 Å². The van der Waals surface area contributed by atoms with E-state index in [2.05, 4.69) is 12.1 Å². The highest BCUT2D eigenvalue weighted by atomic mass is 16.7. The molecule has 1 spiro atoms. The molecule has 0 N–H and O–H groups in total. The fourth-order valence-corrected chi connectivity index (χ4v) is 4.17. The van der Waals surface area contributed by atoms with Crippen molar-refractivity contribution in [2.24, 2.45) is 5.92 Å². The van der Waals surface area contributed by atoms with Gasteiger partial charge in [-0.15, -0.1) is 0 Å². The number of likely N-dealkylation sites (tertiary alicyclic amines) is 2. The number of hydrogen-bond donors (Lipinski definition) is 0. The fourth-order valence-electron chi connectivity index (χ4n) is 4.17. The van der Waals surface area contributed by atoms with Crippen LogP contribution in [0.25, 0.3) is 0 Å². The van der Waals surface area contributed by atoms with Gasteiger partial charge in [0.05, 0.1) is 19.1 Å². The molecule has 4 rings (SSSR count). The fraction of sp³-hybridized carbons (Fsp3) is 0.600. The zero-order chi connectivity index (χ0) is 18.0. The van der Waals surface area contributed by atoms with Crippen molar-refractivity contribution in [3.05, 3.63) is 35.9 Å². The molecule has 0 radical (unpaired) electrons. The van der Waals surface area contributed by atoms with Crippen LogP contribution in [-0.2, 0) is 25.5 Å². The monoisotopic (exact) mass is 358 g/mol.